The van der Waals surface area contributed by atoms with E-state index in [-0.39, 0.29) is 18.1 Å². The predicted octanol–water partition coefficient (Wildman–Crippen LogP) is 3.49. The number of hydrogen-bond donors (Lipinski definition) is 1. The Morgan fingerprint density at radius 1 is 1.44 bits per heavy atom. The van der Waals surface area contributed by atoms with Gasteiger partial charge in [-0.2, -0.15) is 0 Å². The first-order valence-corrected chi connectivity index (χ1v) is 8.66. The summed E-state index contributed by atoms with van der Waals surface area (Å²) >= 11 is 1.25. The second kappa shape index (κ2) is 7.52. The van der Waals surface area contributed by atoms with Crippen LogP contribution in [0.1, 0.15) is 31.1 Å². The van der Waals surface area contributed by atoms with E-state index in [0.29, 0.717) is 21.7 Å². The number of fused-ring (bicyclic) bond motifs is 1. The van der Waals surface area contributed by atoms with Crippen molar-refractivity contribution in [2.45, 2.75) is 25.4 Å². The van der Waals surface area contributed by atoms with Gasteiger partial charge in [0, 0.05) is 30.6 Å². The molecular weight excluding hydrogens is 338 g/mol. The van der Waals surface area contributed by atoms with Gasteiger partial charge in [-0.3, -0.25) is 0 Å². The zero-order valence-electron chi connectivity index (χ0n) is 18.6. The summed E-state index contributed by atoms with van der Waals surface area (Å²) in [5.41, 5.74) is 0.764. The molecule has 1 N–H and O–H groups in total. The van der Waals surface area contributed by atoms with Crippen LogP contribution < -0.4 is 5.32 Å². The molecule has 0 bridgehead atoms. The first-order chi connectivity index (χ1) is 14.1. The van der Waals surface area contributed by atoms with E-state index >= 15 is 0 Å². The minimum absolute atomic E-state index is 0.0936. The SMILES string of the molecule is [2H]C([2H])([2H])C([2H])([2H])n1ccc2c(Nc3nc(SC)nnc3C(=O)OCC)cccc21. The number of benzene rings is 1. The van der Waals surface area contributed by atoms with Crippen molar-refractivity contribution in [3.63, 3.8) is 0 Å². The van der Waals surface area contributed by atoms with Crippen molar-refractivity contribution in [2.75, 3.05) is 18.2 Å². The topological polar surface area (TPSA) is 81.9 Å². The van der Waals surface area contributed by atoms with Gasteiger partial charge in [-0.1, -0.05) is 17.8 Å². The zero-order valence-corrected chi connectivity index (χ0v) is 14.4. The molecule has 0 spiro atoms. The molecule has 1 aromatic carbocycles. The van der Waals surface area contributed by atoms with Crippen LogP contribution in [-0.2, 0) is 11.2 Å². The second-order valence-corrected chi connectivity index (χ2v) is 5.65. The molecule has 0 saturated carbocycles. The summed E-state index contributed by atoms with van der Waals surface area (Å²) in [5, 5.41) is 11.7. The predicted molar refractivity (Wildman–Crippen MR) is 98.5 cm³/mol. The van der Waals surface area contributed by atoms with Gasteiger partial charge in [-0.15, -0.1) is 10.2 Å². The molecule has 0 saturated heterocycles. The number of thioether (sulfide) groups is 1. The summed E-state index contributed by atoms with van der Waals surface area (Å²) in [4.78, 5) is 16.5. The van der Waals surface area contributed by atoms with Crippen LogP contribution in [0.4, 0.5) is 11.5 Å². The van der Waals surface area contributed by atoms with Crippen LogP contribution in [0.2, 0.25) is 0 Å². The van der Waals surface area contributed by atoms with Crippen molar-refractivity contribution in [3.8, 4) is 0 Å². The van der Waals surface area contributed by atoms with Gasteiger partial charge < -0.3 is 14.6 Å². The van der Waals surface area contributed by atoms with Crippen molar-refractivity contribution >= 4 is 40.1 Å². The van der Waals surface area contributed by atoms with Crippen LogP contribution in [0.5, 0.6) is 0 Å². The van der Waals surface area contributed by atoms with Crippen LogP contribution in [0.25, 0.3) is 10.9 Å². The lowest BCUT2D eigenvalue weighted by Gasteiger charge is -2.11. The number of ether oxygens (including phenoxy) is 1. The molecule has 0 radical (unpaired) electrons. The van der Waals surface area contributed by atoms with E-state index in [1.165, 1.54) is 18.0 Å². The largest absolute Gasteiger partial charge is 0.461 e. The number of nitrogens with one attached hydrogen (secondary N) is 1. The van der Waals surface area contributed by atoms with Crippen LogP contribution in [0.3, 0.4) is 0 Å². The van der Waals surface area contributed by atoms with Crippen LogP contribution in [0.15, 0.2) is 35.6 Å². The summed E-state index contributed by atoms with van der Waals surface area (Å²) < 4.78 is 44.7. The third-order valence-corrected chi connectivity index (χ3v) is 3.96. The summed E-state index contributed by atoms with van der Waals surface area (Å²) in [6, 6.07) is 6.55. The highest BCUT2D eigenvalue weighted by atomic mass is 32.2. The van der Waals surface area contributed by atoms with Crippen LogP contribution in [-0.4, -0.2) is 38.6 Å². The van der Waals surface area contributed by atoms with E-state index < -0.39 is 19.3 Å². The fraction of sp³-hybridized carbons (Fsp3) is 0.294. The van der Waals surface area contributed by atoms with Gasteiger partial charge in [0.15, 0.2) is 5.82 Å². The third-order valence-electron chi connectivity index (χ3n) is 3.43. The normalized spacial score (nSPS) is 14.9. The Hall–Kier alpha value is -2.61. The third kappa shape index (κ3) is 3.43. The minimum Gasteiger partial charge on any atom is -0.461 e. The van der Waals surface area contributed by atoms with Crippen molar-refractivity contribution in [1.29, 1.82) is 0 Å². The molecule has 0 unspecified atom stereocenters. The molecule has 3 aromatic rings. The lowest BCUT2D eigenvalue weighted by atomic mass is 10.2. The summed E-state index contributed by atoms with van der Waals surface area (Å²) in [6.45, 7) is -3.63. The molecular formula is C17H19N5O2S. The lowest BCUT2D eigenvalue weighted by Crippen LogP contribution is -2.13. The molecule has 0 atom stereocenters. The maximum Gasteiger partial charge on any atom is 0.362 e. The molecule has 2 heterocycles. The van der Waals surface area contributed by atoms with Gasteiger partial charge in [0.1, 0.15) is 0 Å². The molecule has 0 aliphatic carbocycles. The number of esters is 1. The Morgan fingerprint density at radius 3 is 3.08 bits per heavy atom. The van der Waals surface area contributed by atoms with E-state index in [4.69, 9.17) is 11.6 Å². The highest BCUT2D eigenvalue weighted by Crippen LogP contribution is 2.28. The average Bonchev–Trinajstić information content (AvgIpc) is 3.13. The molecule has 0 aliphatic heterocycles. The molecule has 0 amide bonds. The molecule has 25 heavy (non-hydrogen) atoms. The standard InChI is InChI=1S/C17H19N5O2S/c1-4-22-10-9-11-12(7-6-8-13(11)22)18-15-14(16(23)24-5-2)20-21-17(19-15)25-3/h6-10H,4-5H2,1-3H3,(H,18,19,21)/i1D3,4D2. The molecule has 3 rings (SSSR count). The fourth-order valence-electron chi connectivity index (χ4n) is 2.32. The maximum atomic E-state index is 12.2. The van der Waals surface area contributed by atoms with Crippen LogP contribution >= 0.6 is 11.8 Å². The molecule has 0 aliphatic rings. The monoisotopic (exact) mass is 362 g/mol. The number of aryl methyl sites for hydroxylation is 1. The molecule has 0 fully saturated rings. The van der Waals surface area contributed by atoms with Gasteiger partial charge in [0.05, 0.1) is 12.1 Å². The van der Waals surface area contributed by atoms with Gasteiger partial charge >= 0.3 is 5.97 Å². The lowest BCUT2D eigenvalue weighted by molar-refractivity contribution is 0.0518. The highest BCUT2D eigenvalue weighted by molar-refractivity contribution is 7.98. The number of aromatic nitrogens is 4. The maximum absolute atomic E-state index is 12.2. The smallest absolute Gasteiger partial charge is 0.362 e. The summed E-state index contributed by atoms with van der Waals surface area (Å²) in [7, 11) is 0. The second-order valence-electron chi connectivity index (χ2n) is 4.88. The van der Waals surface area contributed by atoms with Gasteiger partial charge in [0.25, 0.3) is 0 Å². The molecule has 7 nitrogen and oxygen atoms in total. The highest BCUT2D eigenvalue weighted by Gasteiger charge is 2.19. The van der Waals surface area contributed by atoms with Crippen LogP contribution in [0, 0.1) is 0 Å². The van der Waals surface area contributed by atoms with E-state index in [9.17, 15) is 4.79 Å². The quantitative estimate of drug-likeness (QED) is 0.531. The van der Waals surface area contributed by atoms with Gasteiger partial charge in [-0.25, -0.2) is 9.78 Å². The number of rotatable bonds is 6. The number of hydrogen-bond acceptors (Lipinski definition) is 7. The Morgan fingerprint density at radius 2 is 2.32 bits per heavy atom. The number of carbonyl (C=O) groups is 1. The minimum atomic E-state index is -2.86. The summed E-state index contributed by atoms with van der Waals surface area (Å²) in [6.07, 6.45) is 3.14. The van der Waals surface area contributed by atoms with Crippen molar-refractivity contribution < 1.29 is 16.4 Å². The fourth-order valence-corrected chi connectivity index (χ4v) is 2.63. The van der Waals surface area contributed by atoms with E-state index in [1.54, 1.807) is 37.4 Å². The number of nitrogens with zero attached hydrogens (tertiary/aromatic N) is 4. The van der Waals surface area contributed by atoms with Gasteiger partial charge in [0.2, 0.25) is 10.9 Å². The van der Waals surface area contributed by atoms with Crippen molar-refractivity contribution in [1.82, 2.24) is 19.7 Å². The first-order valence-electron chi connectivity index (χ1n) is 9.93. The first kappa shape index (κ1) is 11.9. The van der Waals surface area contributed by atoms with Gasteiger partial charge in [-0.05, 0) is 38.2 Å². The molecule has 8 heteroatoms. The Labute approximate surface area is 156 Å². The number of anilines is 2. The van der Waals surface area contributed by atoms with Crippen molar-refractivity contribution in [3.05, 3.63) is 36.2 Å². The Balaban J connectivity index is 2.09. The average molecular weight is 362 g/mol. The van der Waals surface area contributed by atoms with E-state index in [2.05, 4.69) is 20.5 Å². The Kier molecular flexibility index (Phi) is 3.57. The van der Waals surface area contributed by atoms with Crippen molar-refractivity contribution in [2.24, 2.45) is 0 Å². The summed E-state index contributed by atoms with van der Waals surface area (Å²) in [5.74, 6) is -0.553. The zero-order chi connectivity index (χ0) is 22.1. The van der Waals surface area contributed by atoms with E-state index in [1.807, 2.05) is 0 Å². The molecule has 2 aromatic heterocycles. The molecule has 130 valence electrons. The number of carbonyl (C=O) groups excluding carboxylic acids is 1. The van der Waals surface area contributed by atoms with E-state index in [0.717, 1.165) is 4.57 Å². The Bertz CT molecular complexity index is 1090.